The maximum Gasteiger partial charge on any atom is 0.158 e. The van der Waals surface area contributed by atoms with Crippen molar-refractivity contribution in [1.82, 2.24) is 14.7 Å². The molecular formula is C17H29N3O. The minimum Gasteiger partial charge on any atom is -0.297 e. The summed E-state index contributed by atoms with van der Waals surface area (Å²) in [6, 6.07) is 2.08. The minimum atomic E-state index is -0.275. The van der Waals surface area contributed by atoms with Gasteiger partial charge in [0, 0.05) is 12.7 Å². The fourth-order valence-corrected chi connectivity index (χ4v) is 3.45. The Bertz CT molecular complexity index is 496. The van der Waals surface area contributed by atoms with Crippen molar-refractivity contribution in [3.8, 4) is 0 Å². The lowest BCUT2D eigenvalue weighted by atomic mass is 9.73. The largest absolute Gasteiger partial charge is 0.297 e. The van der Waals surface area contributed by atoms with Gasteiger partial charge in [0.1, 0.15) is 0 Å². The van der Waals surface area contributed by atoms with E-state index in [1.807, 2.05) is 11.7 Å². The average molecular weight is 291 g/mol. The predicted molar refractivity (Wildman–Crippen MR) is 85.3 cm³/mol. The zero-order chi connectivity index (χ0) is 15.6. The SMILES string of the molecule is CCc1cc(CC(=O)C2(N(C)C)CCC(C)CC2)n(C)n1. The Morgan fingerprint density at radius 3 is 2.52 bits per heavy atom. The van der Waals surface area contributed by atoms with E-state index < -0.39 is 0 Å². The van der Waals surface area contributed by atoms with E-state index in [-0.39, 0.29) is 5.54 Å². The molecule has 2 rings (SSSR count). The second-order valence-electron chi connectivity index (χ2n) is 6.81. The number of carbonyl (C=O) groups is 1. The van der Waals surface area contributed by atoms with Crippen LogP contribution in [-0.4, -0.2) is 40.1 Å². The molecule has 21 heavy (non-hydrogen) atoms. The van der Waals surface area contributed by atoms with Crippen molar-refractivity contribution >= 4 is 5.78 Å². The van der Waals surface area contributed by atoms with Gasteiger partial charge >= 0.3 is 0 Å². The van der Waals surface area contributed by atoms with E-state index in [9.17, 15) is 4.79 Å². The van der Waals surface area contributed by atoms with Crippen molar-refractivity contribution in [2.75, 3.05) is 14.1 Å². The van der Waals surface area contributed by atoms with Crippen LogP contribution in [0.3, 0.4) is 0 Å². The molecule has 0 bridgehead atoms. The number of likely N-dealkylation sites (N-methyl/N-ethyl adjacent to an activating group) is 1. The van der Waals surface area contributed by atoms with Gasteiger partial charge in [-0.25, -0.2) is 0 Å². The number of hydrogen-bond donors (Lipinski definition) is 0. The maximum absolute atomic E-state index is 13.0. The molecule has 118 valence electrons. The first kappa shape index (κ1) is 16.2. The lowest BCUT2D eigenvalue weighted by molar-refractivity contribution is -0.131. The molecule has 1 aromatic heterocycles. The summed E-state index contributed by atoms with van der Waals surface area (Å²) in [5.41, 5.74) is 1.83. The summed E-state index contributed by atoms with van der Waals surface area (Å²) in [6.07, 6.45) is 5.68. The van der Waals surface area contributed by atoms with Crippen LogP contribution in [0.1, 0.15) is 50.9 Å². The summed E-state index contributed by atoms with van der Waals surface area (Å²) in [4.78, 5) is 15.2. The van der Waals surface area contributed by atoms with E-state index in [0.29, 0.717) is 12.2 Å². The van der Waals surface area contributed by atoms with Gasteiger partial charge in [0.25, 0.3) is 0 Å². The summed E-state index contributed by atoms with van der Waals surface area (Å²) >= 11 is 0. The van der Waals surface area contributed by atoms with Crippen molar-refractivity contribution < 1.29 is 4.79 Å². The van der Waals surface area contributed by atoms with Gasteiger partial charge in [-0.3, -0.25) is 14.4 Å². The van der Waals surface area contributed by atoms with Gasteiger partial charge in [-0.15, -0.1) is 0 Å². The molecule has 0 aliphatic heterocycles. The third-order valence-corrected chi connectivity index (χ3v) is 5.21. The Labute approximate surface area is 128 Å². The van der Waals surface area contributed by atoms with E-state index in [0.717, 1.165) is 49.4 Å². The van der Waals surface area contributed by atoms with Crippen molar-refractivity contribution in [1.29, 1.82) is 0 Å². The Balaban J connectivity index is 2.17. The first-order valence-corrected chi connectivity index (χ1v) is 8.11. The number of nitrogens with zero attached hydrogens (tertiary/aromatic N) is 3. The van der Waals surface area contributed by atoms with Crippen LogP contribution >= 0.6 is 0 Å². The molecule has 0 radical (unpaired) electrons. The molecule has 0 saturated heterocycles. The van der Waals surface area contributed by atoms with Crippen LogP contribution in [0.2, 0.25) is 0 Å². The van der Waals surface area contributed by atoms with Crippen LogP contribution in [0.5, 0.6) is 0 Å². The molecule has 1 aromatic rings. The molecule has 0 aromatic carbocycles. The molecule has 1 saturated carbocycles. The third-order valence-electron chi connectivity index (χ3n) is 5.21. The molecule has 0 amide bonds. The topological polar surface area (TPSA) is 38.1 Å². The molecule has 1 aliphatic carbocycles. The summed E-state index contributed by atoms with van der Waals surface area (Å²) < 4.78 is 1.87. The van der Waals surface area contributed by atoms with Crippen LogP contribution in [0, 0.1) is 5.92 Å². The van der Waals surface area contributed by atoms with Gasteiger partial charge in [-0.2, -0.15) is 5.10 Å². The smallest absolute Gasteiger partial charge is 0.158 e. The van der Waals surface area contributed by atoms with Crippen LogP contribution in [-0.2, 0) is 24.7 Å². The number of aromatic nitrogens is 2. The zero-order valence-electron chi connectivity index (χ0n) is 14.1. The van der Waals surface area contributed by atoms with Crippen molar-refractivity contribution in [2.45, 2.75) is 57.9 Å². The molecule has 0 unspecified atom stereocenters. The summed E-state index contributed by atoms with van der Waals surface area (Å²) in [5, 5.41) is 4.46. The fraction of sp³-hybridized carbons (Fsp3) is 0.765. The summed E-state index contributed by atoms with van der Waals surface area (Å²) in [5.74, 6) is 1.10. The van der Waals surface area contributed by atoms with Crippen molar-refractivity contribution in [2.24, 2.45) is 13.0 Å². The monoisotopic (exact) mass is 291 g/mol. The first-order chi connectivity index (χ1) is 9.89. The number of Topliss-reactive ketones (excluding diaryl/α,β-unsaturated/α-hetero) is 1. The van der Waals surface area contributed by atoms with Crippen LogP contribution in [0.4, 0.5) is 0 Å². The Hall–Kier alpha value is -1.16. The normalized spacial score (nSPS) is 26.3. The molecule has 0 N–H and O–H groups in total. The predicted octanol–water partition coefficient (Wildman–Crippen LogP) is 2.60. The lowest BCUT2D eigenvalue weighted by Crippen LogP contribution is -2.53. The molecular weight excluding hydrogens is 262 g/mol. The van der Waals surface area contributed by atoms with E-state index in [1.165, 1.54) is 0 Å². The van der Waals surface area contributed by atoms with E-state index in [2.05, 4.69) is 44.0 Å². The van der Waals surface area contributed by atoms with Crippen molar-refractivity contribution in [3.05, 3.63) is 17.5 Å². The second kappa shape index (κ2) is 6.30. The van der Waals surface area contributed by atoms with Crippen LogP contribution in [0.25, 0.3) is 0 Å². The highest BCUT2D eigenvalue weighted by Gasteiger charge is 2.42. The van der Waals surface area contributed by atoms with Gasteiger partial charge in [0.05, 0.1) is 17.7 Å². The van der Waals surface area contributed by atoms with Crippen LogP contribution < -0.4 is 0 Å². The molecule has 0 spiro atoms. The molecule has 4 nitrogen and oxygen atoms in total. The van der Waals surface area contributed by atoms with Crippen molar-refractivity contribution in [3.63, 3.8) is 0 Å². The third kappa shape index (κ3) is 3.20. The lowest BCUT2D eigenvalue weighted by Gasteiger charge is -2.43. The Morgan fingerprint density at radius 2 is 2.05 bits per heavy atom. The molecule has 4 heteroatoms. The highest BCUT2D eigenvalue weighted by Crippen LogP contribution is 2.36. The first-order valence-electron chi connectivity index (χ1n) is 8.11. The minimum absolute atomic E-state index is 0.275. The highest BCUT2D eigenvalue weighted by molar-refractivity contribution is 5.90. The zero-order valence-corrected chi connectivity index (χ0v) is 14.1. The Kier molecular flexibility index (Phi) is 4.87. The fourth-order valence-electron chi connectivity index (χ4n) is 3.45. The van der Waals surface area contributed by atoms with Gasteiger partial charge in [0.2, 0.25) is 0 Å². The number of hydrogen-bond acceptors (Lipinski definition) is 3. The maximum atomic E-state index is 13.0. The van der Waals surface area contributed by atoms with Crippen LogP contribution in [0.15, 0.2) is 6.07 Å². The van der Waals surface area contributed by atoms with Gasteiger partial charge in [-0.05, 0) is 58.2 Å². The van der Waals surface area contributed by atoms with Gasteiger partial charge < -0.3 is 0 Å². The average Bonchev–Trinajstić information content (AvgIpc) is 2.80. The molecule has 1 fully saturated rings. The quantitative estimate of drug-likeness (QED) is 0.837. The van der Waals surface area contributed by atoms with E-state index in [4.69, 9.17) is 0 Å². The standard InChI is InChI=1S/C17H29N3O/c1-6-14-11-15(20(5)18-14)12-16(21)17(19(3)4)9-7-13(2)8-10-17/h11,13H,6-10,12H2,1-5H3. The second-order valence-corrected chi connectivity index (χ2v) is 6.81. The number of ketones is 1. The van der Waals surface area contributed by atoms with E-state index >= 15 is 0 Å². The molecule has 1 heterocycles. The number of aryl methyl sites for hydroxylation is 2. The Morgan fingerprint density at radius 1 is 1.43 bits per heavy atom. The molecule has 0 atom stereocenters. The number of rotatable bonds is 5. The number of carbonyl (C=O) groups excluding carboxylic acids is 1. The summed E-state index contributed by atoms with van der Waals surface area (Å²) in [6.45, 7) is 4.39. The van der Waals surface area contributed by atoms with E-state index in [1.54, 1.807) is 0 Å². The van der Waals surface area contributed by atoms with Gasteiger partial charge in [0.15, 0.2) is 5.78 Å². The highest BCUT2D eigenvalue weighted by atomic mass is 16.1. The molecule has 1 aliphatic rings. The summed E-state index contributed by atoms with van der Waals surface area (Å²) in [7, 11) is 6.04. The van der Waals surface area contributed by atoms with Gasteiger partial charge in [-0.1, -0.05) is 13.8 Å².